The van der Waals surface area contributed by atoms with Crippen molar-refractivity contribution in [2.24, 2.45) is 0 Å². The summed E-state index contributed by atoms with van der Waals surface area (Å²) in [5.74, 6) is 0. The van der Waals surface area contributed by atoms with Crippen molar-refractivity contribution in [1.29, 1.82) is 0 Å². The Morgan fingerprint density at radius 2 is 2.00 bits per heavy atom. The second-order valence-corrected chi connectivity index (χ2v) is 5.36. The minimum atomic E-state index is 0.130. The van der Waals surface area contributed by atoms with E-state index >= 15 is 0 Å². The lowest BCUT2D eigenvalue weighted by molar-refractivity contribution is 0.466. The van der Waals surface area contributed by atoms with E-state index in [9.17, 15) is 0 Å². The number of hydrogen-bond acceptors (Lipinski definition) is 4. The first-order valence-electron chi connectivity index (χ1n) is 5.71. The van der Waals surface area contributed by atoms with Gasteiger partial charge in [0.2, 0.25) is 0 Å². The minimum Gasteiger partial charge on any atom is -0.310 e. The Bertz CT molecular complexity index is 437. The minimum absolute atomic E-state index is 0.130. The summed E-state index contributed by atoms with van der Waals surface area (Å²) in [6.07, 6.45) is 0. The third-order valence-corrected chi connectivity index (χ3v) is 3.39. The number of benzene rings is 1. The first-order valence-corrected chi connectivity index (χ1v) is 6.54. The van der Waals surface area contributed by atoms with Gasteiger partial charge in [-0.25, -0.2) is 0 Å². The quantitative estimate of drug-likeness (QED) is 0.882. The van der Waals surface area contributed by atoms with Crippen LogP contribution in [-0.4, -0.2) is 16.1 Å². The predicted molar refractivity (Wildman–Crippen MR) is 71.1 cm³/mol. The van der Waals surface area contributed by atoms with E-state index in [1.807, 2.05) is 11.4 Å². The van der Waals surface area contributed by atoms with Gasteiger partial charge in [0.15, 0.2) is 0 Å². The second-order valence-electron chi connectivity index (χ2n) is 4.75. The van der Waals surface area contributed by atoms with Crippen LogP contribution in [0.2, 0.25) is 0 Å². The average Bonchev–Trinajstić information content (AvgIpc) is 2.83. The number of hydrogen-bond donors (Lipinski definition) is 1. The summed E-state index contributed by atoms with van der Waals surface area (Å²) < 4.78 is 3.85. The van der Waals surface area contributed by atoms with Gasteiger partial charge in [0.25, 0.3) is 0 Å². The molecule has 90 valence electrons. The summed E-state index contributed by atoms with van der Waals surface area (Å²) in [7, 11) is 0. The van der Waals surface area contributed by atoms with Crippen molar-refractivity contribution < 1.29 is 0 Å². The van der Waals surface area contributed by atoms with Gasteiger partial charge in [0.05, 0.1) is 5.69 Å². The third-order valence-electron chi connectivity index (χ3n) is 2.83. The smallest absolute Gasteiger partial charge is 0.0893 e. The van der Waals surface area contributed by atoms with Gasteiger partial charge in [-0.05, 0) is 17.1 Å². The SMILES string of the molecule is CC(C)(CNCc1csnn1)c1ccccc1. The number of nitrogens with one attached hydrogen (secondary N) is 1. The van der Waals surface area contributed by atoms with E-state index in [0.717, 1.165) is 18.8 Å². The van der Waals surface area contributed by atoms with E-state index in [1.54, 1.807) is 0 Å². The molecule has 0 fully saturated rings. The summed E-state index contributed by atoms with van der Waals surface area (Å²) in [6.45, 7) is 6.20. The lowest BCUT2D eigenvalue weighted by Gasteiger charge is -2.25. The van der Waals surface area contributed by atoms with E-state index in [4.69, 9.17) is 0 Å². The molecular weight excluding hydrogens is 230 g/mol. The normalized spacial score (nSPS) is 11.6. The van der Waals surface area contributed by atoms with E-state index < -0.39 is 0 Å². The summed E-state index contributed by atoms with van der Waals surface area (Å²) in [6, 6.07) is 10.6. The maximum Gasteiger partial charge on any atom is 0.0893 e. The maximum absolute atomic E-state index is 4.01. The van der Waals surface area contributed by atoms with Gasteiger partial charge in [0, 0.05) is 23.9 Å². The Labute approximate surface area is 106 Å². The van der Waals surface area contributed by atoms with E-state index in [0.29, 0.717) is 0 Å². The van der Waals surface area contributed by atoms with E-state index in [-0.39, 0.29) is 5.41 Å². The molecule has 1 aromatic heterocycles. The molecule has 0 aliphatic carbocycles. The van der Waals surface area contributed by atoms with Gasteiger partial charge in [-0.1, -0.05) is 48.7 Å². The van der Waals surface area contributed by atoms with Crippen molar-refractivity contribution in [3.05, 3.63) is 47.0 Å². The highest BCUT2D eigenvalue weighted by Gasteiger charge is 2.19. The Hall–Kier alpha value is -1.26. The Balaban J connectivity index is 1.90. The van der Waals surface area contributed by atoms with E-state index in [2.05, 4.69) is 53.0 Å². The highest BCUT2D eigenvalue weighted by Crippen LogP contribution is 2.21. The molecule has 1 N–H and O–H groups in total. The van der Waals surface area contributed by atoms with Crippen LogP contribution in [0.5, 0.6) is 0 Å². The van der Waals surface area contributed by atoms with Crippen molar-refractivity contribution in [2.75, 3.05) is 6.54 Å². The molecule has 0 atom stereocenters. The third kappa shape index (κ3) is 3.35. The van der Waals surface area contributed by atoms with Crippen molar-refractivity contribution in [2.45, 2.75) is 25.8 Å². The van der Waals surface area contributed by atoms with Crippen LogP contribution in [0.1, 0.15) is 25.1 Å². The molecule has 0 aliphatic rings. The number of aromatic nitrogens is 2. The van der Waals surface area contributed by atoms with Crippen LogP contribution in [-0.2, 0) is 12.0 Å². The molecule has 17 heavy (non-hydrogen) atoms. The molecule has 0 aliphatic heterocycles. The van der Waals surface area contributed by atoms with Gasteiger partial charge in [-0.15, -0.1) is 5.10 Å². The molecule has 0 spiro atoms. The van der Waals surface area contributed by atoms with Crippen molar-refractivity contribution in [3.8, 4) is 0 Å². The van der Waals surface area contributed by atoms with Gasteiger partial charge >= 0.3 is 0 Å². The van der Waals surface area contributed by atoms with Crippen LogP contribution < -0.4 is 5.32 Å². The van der Waals surface area contributed by atoms with Gasteiger partial charge in [0.1, 0.15) is 0 Å². The Morgan fingerprint density at radius 1 is 1.24 bits per heavy atom. The monoisotopic (exact) mass is 247 g/mol. The lowest BCUT2D eigenvalue weighted by atomic mass is 9.84. The van der Waals surface area contributed by atoms with Crippen molar-refractivity contribution in [3.63, 3.8) is 0 Å². The standard InChI is InChI=1S/C13H17N3S/c1-13(2,11-6-4-3-5-7-11)10-14-8-12-9-17-16-15-12/h3-7,9,14H,8,10H2,1-2H3. The van der Waals surface area contributed by atoms with Crippen molar-refractivity contribution >= 4 is 11.5 Å². The van der Waals surface area contributed by atoms with Gasteiger partial charge in [-0.2, -0.15) is 0 Å². The summed E-state index contributed by atoms with van der Waals surface area (Å²) in [4.78, 5) is 0. The zero-order valence-corrected chi connectivity index (χ0v) is 11.0. The summed E-state index contributed by atoms with van der Waals surface area (Å²) in [5, 5.41) is 9.42. The fourth-order valence-corrected chi connectivity index (χ4v) is 2.21. The van der Waals surface area contributed by atoms with Crippen LogP contribution in [0, 0.1) is 0 Å². The average molecular weight is 247 g/mol. The van der Waals surface area contributed by atoms with Crippen molar-refractivity contribution in [1.82, 2.24) is 14.9 Å². The molecule has 0 amide bonds. The topological polar surface area (TPSA) is 37.8 Å². The van der Waals surface area contributed by atoms with Crippen LogP contribution in [0.3, 0.4) is 0 Å². The van der Waals surface area contributed by atoms with Crippen LogP contribution in [0.25, 0.3) is 0 Å². The second kappa shape index (κ2) is 5.38. The Morgan fingerprint density at radius 3 is 2.65 bits per heavy atom. The molecule has 0 radical (unpaired) electrons. The first-order chi connectivity index (χ1) is 8.18. The fourth-order valence-electron chi connectivity index (χ4n) is 1.76. The van der Waals surface area contributed by atoms with Crippen LogP contribution in [0.4, 0.5) is 0 Å². The summed E-state index contributed by atoms with van der Waals surface area (Å²) >= 11 is 1.39. The zero-order valence-electron chi connectivity index (χ0n) is 10.2. The fraction of sp³-hybridized carbons (Fsp3) is 0.385. The molecule has 3 nitrogen and oxygen atoms in total. The molecule has 2 aromatic rings. The number of rotatable bonds is 5. The van der Waals surface area contributed by atoms with E-state index in [1.165, 1.54) is 17.1 Å². The molecule has 1 aromatic carbocycles. The van der Waals surface area contributed by atoms with Gasteiger partial charge in [-0.3, -0.25) is 0 Å². The molecule has 0 unspecified atom stereocenters. The molecule has 0 saturated carbocycles. The molecule has 0 bridgehead atoms. The highest BCUT2D eigenvalue weighted by atomic mass is 32.1. The molecule has 0 saturated heterocycles. The lowest BCUT2D eigenvalue weighted by Crippen LogP contribution is -2.32. The zero-order chi connectivity index (χ0) is 12.1. The maximum atomic E-state index is 4.01. The van der Waals surface area contributed by atoms with Crippen LogP contribution in [0.15, 0.2) is 35.7 Å². The predicted octanol–water partition coefficient (Wildman–Crippen LogP) is 2.61. The molecule has 4 heteroatoms. The Kier molecular flexibility index (Phi) is 3.86. The first kappa shape index (κ1) is 12.2. The number of nitrogens with zero attached hydrogens (tertiary/aromatic N) is 2. The summed E-state index contributed by atoms with van der Waals surface area (Å²) in [5.41, 5.74) is 2.49. The van der Waals surface area contributed by atoms with Gasteiger partial charge < -0.3 is 5.32 Å². The largest absolute Gasteiger partial charge is 0.310 e. The van der Waals surface area contributed by atoms with Crippen LogP contribution >= 0.6 is 11.5 Å². The highest BCUT2D eigenvalue weighted by molar-refractivity contribution is 7.03. The molecule has 2 rings (SSSR count). The molecule has 1 heterocycles. The molecular formula is C13H17N3S.